The molecule has 1 heterocycles. The highest BCUT2D eigenvalue weighted by atomic mass is 32.2. The number of anilines is 1. The number of hydrogen-bond acceptors (Lipinski definition) is 4. The van der Waals surface area contributed by atoms with Crippen LogP contribution in [0.2, 0.25) is 0 Å². The topological polar surface area (TPSA) is 78.8 Å². The van der Waals surface area contributed by atoms with Crippen molar-refractivity contribution in [2.75, 3.05) is 5.32 Å². The Kier molecular flexibility index (Phi) is 5.22. The van der Waals surface area contributed by atoms with E-state index < -0.39 is 28.8 Å². The van der Waals surface area contributed by atoms with Gasteiger partial charge in [0.2, 0.25) is 5.91 Å². The van der Waals surface area contributed by atoms with Crippen LogP contribution in [-0.4, -0.2) is 27.2 Å². The summed E-state index contributed by atoms with van der Waals surface area (Å²) < 4.78 is 39.0. The average molecular weight is 394 g/mol. The molecule has 0 saturated heterocycles. The van der Waals surface area contributed by atoms with E-state index in [-0.39, 0.29) is 17.9 Å². The first-order valence-corrected chi connectivity index (χ1v) is 8.66. The lowest BCUT2D eigenvalue weighted by atomic mass is 10.1. The van der Waals surface area contributed by atoms with Gasteiger partial charge in [-0.25, -0.2) is 4.99 Å². The van der Waals surface area contributed by atoms with Gasteiger partial charge in [0.1, 0.15) is 16.0 Å². The zero-order valence-electron chi connectivity index (χ0n) is 13.7. The highest BCUT2D eigenvalue weighted by Crippen LogP contribution is 2.35. The highest BCUT2D eigenvalue weighted by molar-refractivity contribution is 8.16. The maximum Gasteiger partial charge on any atom is 0.418 e. The minimum atomic E-state index is -4.60. The monoisotopic (exact) mass is 394 g/mol. The molecule has 0 fully saturated rings. The molecule has 2 aromatic carbocycles. The van der Waals surface area contributed by atoms with E-state index in [9.17, 15) is 27.9 Å². The average Bonchev–Trinajstić information content (AvgIpc) is 2.95. The zero-order valence-corrected chi connectivity index (χ0v) is 14.5. The molecule has 2 N–H and O–H groups in total. The van der Waals surface area contributed by atoms with Crippen LogP contribution >= 0.6 is 11.8 Å². The van der Waals surface area contributed by atoms with Crippen molar-refractivity contribution in [1.29, 1.82) is 0 Å². The van der Waals surface area contributed by atoms with Crippen molar-refractivity contribution in [1.82, 2.24) is 0 Å². The van der Waals surface area contributed by atoms with Gasteiger partial charge in [-0.05, 0) is 36.4 Å². The molecule has 1 aliphatic heterocycles. The van der Waals surface area contributed by atoms with E-state index in [1.165, 1.54) is 24.3 Å². The predicted octanol–water partition coefficient (Wildman–Crippen LogP) is 3.83. The van der Waals surface area contributed by atoms with Crippen LogP contribution in [0, 0.1) is 0 Å². The van der Waals surface area contributed by atoms with Crippen molar-refractivity contribution < 1.29 is 27.9 Å². The number of phenols is 1. The number of nitrogens with zero attached hydrogens (tertiary/aromatic N) is 1. The molecule has 0 bridgehead atoms. The first kappa shape index (κ1) is 19.0. The Hall–Kier alpha value is -2.81. The molecule has 0 aliphatic carbocycles. The number of alkyl halides is 3. The van der Waals surface area contributed by atoms with Crippen molar-refractivity contribution in [3.8, 4) is 5.75 Å². The van der Waals surface area contributed by atoms with Gasteiger partial charge in [0.25, 0.3) is 5.91 Å². The SMILES string of the molecule is O=C(C[C@@H]1SC(c2ccc(O)cc2)=NC1=O)Nc1ccccc1C(F)(F)F. The Balaban J connectivity index is 1.66. The van der Waals surface area contributed by atoms with E-state index in [0.717, 1.165) is 23.9 Å². The highest BCUT2D eigenvalue weighted by Gasteiger charge is 2.35. The molecule has 0 spiro atoms. The second-order valence-electron chi connectivity index (χ2n) is 5.70. The molecule has 0 unspecified atom stereocenters. The zero-order chi connectivity index (χ0) is 19.6. The molecule has 140 valence electrons. The lowest BCUT2D eigenvalue weighted by molar-refractivity contribution is -0.137. The standard InChI is InChI=1S/C18H13F3N2O3S/c19-18(20,21)12-3-1-2-4-13(12)22-15(25)9-14-16(26)23-17(27-14)10-5-7-11(24)8-6-10/h1-8,14,24H,9H2,(H,22,25)/t14-/m0/s1. The van der Waals surface area contributed by atoms with E-state index in [1.807, 2.05) is 0 Å². The van der Waals surface area contributed by atoms with Gasteiger partial charge in [0.15, 0.2) is 0 Å². The molecule has 5 nitrogen and oxygen atoms in total. The number of amides is 2. The Morgan fingerprint density at radius 3 is 2.48 bits per heavy atom. The number of carbonyl (C=O) groups excluding carboxylic acids is 2. The number of aromatic hydroxyl groups is 1. The number of thioether (sulfide) groups is 1. The van der Waals surface area contributed by atoms with Crippen molar-refractivity contribution in [2.45, 2.75) is 17.8 Å². The van der Waals surface area contributed by atoms with Gasteiger partial charge in [-0.15, -0.1) is 0 Å². The first-order valence-electron chi connectivity index (χ1n) is 7.79. The molecule has 3 rings (SSSR count). The van der Waals surface area contributed by atoms with Gasteiger partial charge in [-0.2, -0.15) is 13.2 Å². The van der Waals surface area contributed by atoms with Gasteiger partial charge in [0.05, 0.1) is 11.3 Å². The summed E-state index contributed by atoms with van der Waals surface area (Å²) >= 11 is 1.06. The van der Waals surface area contributed by atoms with Crippen LogP contribution in [0.15, 0.2) is 53.5 Å². The van der Waals surface area contributed by atoms with Crippen molar-refractivity contribution in [3.63, 3.8) is 0 Å². The molecule has 1 aliphatic rings. The third-order valence-electron chi connectivity index (χ3n) is 3.73. The lowest BCUT2D eigenvalue weighted by Gasteiger charge is -2.14. The summed E-state index contributed by atoms with van der Waals surface area (Å²) in [6, 6.07) is 10.7. The predicted molar refractivity (Wildman–Crippen MR) is 95.7 cm³/mol. The van der Waals surface area contributed by atoms with Gasteiger partial charge in [-0.1, -0.05) is 23.9 Å². The molecular formula is C18H13F3N2O3S. The van der Waals surface area contributed by atoms with E-state index in [4.69, 9.17) is 0 Å². The summed E-state index contributed by atoms with van der Waals surface area (Å²) in [5.41, 5.74) is -0.702. The smallest absolute Gasteiger partial charge is 0.418 e. The summed E-state index contributed by atoms with van der Waals surface area (Å²) in [4.78, 5) is 28.1. The fraction of sp³-hybridized carbons (Fsp3) is 0.167. The summed E-state index contributed by atoms with van der Waals surface area (Å²) in [6.45, 7) is 0. The van der Waals surface area contributed by atoms with E-state index in [0.29, 0.717) is 10.6 Å². The number of aliphatic imine (C=N–C) groups is 1. The molecule has 9 heteroatoms. The fourth-order valence-electron chi connectivity index (χ4n) is 2.46. The maximum atomic E-state index is 13.0. The molecule has 2 aromatic rings. The van der Waals surface area contributed by atoms with E-state index in [2.05, 4.69) is 10.3 Å². The number of rotatable bonds is 4. The Bertz CT molecular complexity index is 911. The third-order valence-corrected chi connectivity index (χ3v) is 4.94. The number of benzene rings is 2. The number of hydrogen-bond donors (Lipinski definition) is 2. The maximum absolute atomic E-state index is 13.0. The van der Waals surface area contributed by atoms with Gasteiger partial charge < -0.3 is 10.4 Å². The van der Waals surface area contributed by atoms with E-state index >= 15 is 0 Å². The molecule has 0 aromatic heterocycles. The van der Waals surface area contributed by atoms with Crippen molar-refractivity contribution in [2.24, 2.45) is 4.99 Å². The summed E-state index contributed by atoms with van der Waals surface area (Å²) in [6.07, 6.45) is -4.91. The van der Waals surface area contributed by atoms with Crippen molar-refractivity contribution in [3.05, 3.63) is 59.7 Å². The molecule has 27 heavy (non-hydrogen) atoms. The van der Waals surface area contributed by atoms with Gasteiger partial charge in [-0.3, -0.25) is 9.59 Å². The fourth-order valence-corrected chi connectivity index (χ4v) is 3.53. The second kappa shape index (κ2) is 7.43. The number of halogens is 3. The first-order chi connectivity index (χ1) is 12.7. The second-order valence-corrected chi connectivity index (χ2v) is 6.90. The molecular weight excluding hydrogens is 381 g/mol. The lowest BCUT2D eigenvalue weighted by Crippen LogP contribution is -2.22. The summed E-state index contributed by atoms with van der Waals surface area (Å²) in [5.74, 6) is -1.17. The number of phenolic OH excluding ortho intramolecular Hbond substituents is 1. The van der Waals surface area contributed by atoms with Crippen LogP contribution in [0.3, 0.4) is 0 Å². The Morgan fingerprint density at radius 1 is 1.15 bits per heavy atom. The minimum Gasteiger partial charge on any atom is -0.508 e. The quantitative estimate of drug-likeness (QED) is 0.826. The number of nitrogens with one attached hydrogen (secondary N) is 1. The number of para-hydroxylation sites is 1. The third kappa shape index (κ3) is 4.48. The molecule has 1 atom stereocenters. The normalized spacial score (nSPS) is 16.9. The van der Waals surface area contributed by atoms with Crippen LogP contribution in [-0.2, 0) is 15.8 Å². The molecule has 2 amide bonds. The van der Waals surface area contributed by atoms with E-state index in [1.54, 1.807) is 12.1 Å². The molecule has 0 radical (unpaired) electrons. The van der Waals surface area contributed by atoms with Crippen LogP contribution < -0.4 is 5.32 Å². The minimum absolute atomic E-state index is 0.0629. The van der Waals surface area contributed by atoms with Gasteiger partial charge in [0, 0.05) is 12.0 Å². The number of carbonyl (C=O) groups is 2. The summed E-state index contributed by atoms with van der Waals surface area (Å²) in [5, 5.41) is 11.1. The van der Waals surface area contributed by atoms with Crippen LogP contribution in [0.1, 0.15) is 17.5 Å². The molecule has 0 saturated carbocycles. The Labute approximate surface area is 156 Å². The van der Waals surface area contributed by atoms with Crippen LogP contribution in [0.25, 0.3) is 0 Å². The summed E-state index contributed by atoms with van der Waals surface area (Å²) in [7, 11) is 0. The Morgan fingerprint density at radius 2 is 1.81 bits per heavy atom. The van der Waals surface area contributed by atoms with Gasteiger partial charge >= 0.3 is 6.18 Å². The van der Waals surface area contributed by atoms with Crippen LogP contribution in [0.5, 0.6) is 5.75 Å². The van der Waals surface area contributed by atoms with Crippen molar-refractivity contribution >= 4 is 34.3 Å². The largest absolute Gasteiger partial charge is 0.508 e. The van der Waals surface area contributed by atoms with Crippen LogP contribution in [0.4, 0.5) is 18.9 Å².